The van der Waals surface area contributed by atoms with Crippen LogP contribution in [0.15, 0.2) is 46.9 Å². The number of non-ortho nitro benzene ring substituents is 1. The standard InChI is InChI=1S/C15H12BrN3O4S/c1-23-13-8-11(19(21)22)6-7-12(13)17-15(24)18-14(20)9-2-4-10(16)5-3-9/h2-8H,1H3,(H2,17,18,20,24). The molecular formula is C15H12BrN3O4S. The highest BCUT2D eigenvalue weighted by Crippen LogP contribution is 2.28. The Balaban J connectivity index is 2.08. The first-order chi connectivity index (χ1) is 11.4. The lowest BCUT2D eigenvalue weighted by atomic mass is 10.2. The number of amides is 1. The number of hydrogen-bond acceptors (Lipinski definition) is 5. The van der Waals surface area contributed by atoms with Crippen molar-refractivity contribution < 1.29 is 14.5 Å². The van der Waals surface area contributed by atoms with Crippen LogP contribution >= 0.6 is 28.1 Å². The maximum Gasteiger partial charge on any atom is 0.273 e. The van der Waals surface area contributed by atoms with E-state index in [1.54, 1.807) is 24.3 Å². The topological polar surface area (TPSA) is 93.5 Å². The highest BCUT2D eigenvalue weighted by atomic mass is 79.9. The quantitative estimate of drug-likeness (QED) is 0.455. The van der Waals surface area contributed by atoms with E-state index in [2.05, 4.69) is 26.6 Å². The van der Waals surface area contributed by atoms with E-state index < -0.39 is 4.92 Å². The number of ether oxygens (including phenoxy) is 1. The molecule has 0 aliphatic carbocycles. The molecule has 0 aromatic heterocycles. The molecule has 0 heterocycles. The Morgan fingerprint density at radius 3 is 2.50 bits per heavy atom. The van der Waals surface area contributed by atoms with Crippen molar-refractivity contribution in [2.75, 3.05) is 12.4 Å². The van der Waals surface area contributed by atoms with Gasteiger partial charge in [-0.05, 0) is 42.5 Å². The first kappa shape index (κ1) is 17.8. The Morgan fingerprint density at radius 2 is 1.92 bits per heavy atom. The van der Waals surface area contributed by atoms with Crippen molar-refractivity contribution in [1.82, 2.24) is 5.32 Å². The smallest absolute Gasteiger partial charge is 0.273 e. The van der Waals surface area contributed by atoms with E-state index in [9.17, 15) is 14.9 Å². The van der Waals surface area contributed by atoms with Gasteiger partial charge in [0.05, 0.1) is 23.8 Å². The van der Waals surface area contributed by atoms with Crippen molar-refractivity contribution >= 4 is 50.5 Å². The van der Waals surface area contributed by atoms with Gasteiger partial charge >= 0.3 is 0 Å². The number of nitro benzene ring substituents is 1. The zero-order valence-corrected chi connectivity index (χ0v) is 14.8. The van der Waals surface area contributed by atoms with Gasteiger partial charge in [0, 0.05) is 16.1 Å². The molecule has 2 aromatic carbocycles. The highest BCUT2D eigenvalue weighted by Gasteiger charge is 2.13. The minimum Gasteiger partial charge on any atom is -0.494 e. The molecule has 0 unspecified atom stereocenters. The molecule has 0 spiro atoms. The van der Waals surface area contributed by atoms with Gasteiger partial charge < -0.3 is 10.1 Å². The number of hydrogen-bond donors (Lipinski definition) is 2. The third kappa shape index (κ3) is 4.49. The van der Waals surface area contributed by atoms with Crippen molar-refractivity contribution in [3.8, 4) is 5.75 Å². The number of nitrogens with one attached hydrogen (secondary N) is 2. The highest BCUT2D eigenvalue weighted by molar-refractivity contribution is 9.10. The van der Waals surface area contributed by atoms with Crippen molar-refractivity contribution in [2.45, 2.75) is 0 Å². The van der Waals surface area contributed by atoms with E-state index in [-0.39, 0.29) is 22.5 Å². The number of nitrogens with zero attached hydrogens (tertiary/aromatic N) is 1. The SMILES string of the molecule is COc1cc([N+](=O)[O-])ccc1NC(=S)NC(=O)c1ccc(Br)cc1. The minimum absolute atomic E-state index is 0.0510. The summed E-state index contributed by atoms with van der Waals surface area (Å²) >= 11 is 8.38. The second kappa shape index (κ2) is 7.84. The van der Waals surface area contributed by atoms with Crippen LogP contribution in [0.25, 0.3) is 0 Å². The number of nitro groups is 1. The van der Waals surface area contributed by atoms with Gasteiger partial charge in [-0.3, -0.25) is 20.2 Å². The Bertz CT molecular complexity index is 796. The lowest BCUT2D eigenvalue weighted by molar-refractivity contribution is -0.384. The zero-order valence-electron chi connectivity index (χ0n) is 12.4. The Labute approximate surface area is 151 Å². The van der Waals surface area contributed by atoms with Gasteiger partial charge in [0.1, 0.15) is 5.75 Å². The summed E-state index contributed by atoms with van der Waals surface area (Å²) in [6.07, 6.45) is 0. The lowest BCUT2D eigenvalue weighted by Crippen LogP contribution is -2.34. The van der Waals surface area contributed by atoms with Crippen LogP contribution in [-0.2, 0) is 0 Å². The van der Waals surface area contributed by atoms with E-state index in [0.29, 0.717) is 11.3 Å². The van der Waals surface area contributed by atoms with Crippen molar-refractivity contribution in [3.05, 3.63) is 62.6 Å². The predicted octanol–water partition coefficient (Wildman–Crippen LogP) is 3.49. The summed E-state index contributed by atoms with van der Waals surface area (Å²) in [5, 5.41) is 16.1. The van der Waals surface area contributed by atoms with Gasteiger partial charge in [0.15, 0.2) is 5.11 Å². The average Bonchev–Trinajstić information content (AvgIpc) is 2.55. The molecule has 2 rings (SSSR count). The Kier molecular flexibility index (Phi) is 5.83. The molecule has 2 N–H and O–H groups in total. The van der Waals surface area contributed by atoms with Crippen LogP contribution in [-0.4, -0.2) is 23.1 Å². The molecule has 2 aromatic rings. The molecular weight excluding hydrogens is 398 g/mol. The molecule has 0 fully saturated rings. The van der Waals surface area contributed by atoms with Gasteiger partial charge in [-0.2, -0.15) is 0 Å². The molecule has 0 aliphatic rings. The molecule has 124 valence electrons. The number of thiocarbonyl (C=S) groups is 1. The zero-order chi connectivity index (χ0) is 17.7. The fourth-order valence-electron chi connectivity index (χ4n) is 1.83. The summed E-state index contributed by atoms with van der Waals surface area (Å²) in [5.41, 5.74) is 0.740. The molecule has 0 aliphatic heterocycles. The summed E-state index contributed by atoms with van der Waals surface area (Å²) < 4.78 is 5.95. The molecule has 0 saturated carbocycles. The van der Waals surface area contributed by atoms with Gasteiger partial charge in [-0.15, -0.1) is 0 Å². The number of carbonyl (C=O) groups excluding carboxylic acids is 1. The van der Waals surface area contributed by atoms with Crippen molar-refractivity contribution in [2.24, 2.45) is 0 Å². The Hall–Kier alpha value is -2.52. The van der Waals surface area contributed by atoms with Crippen LogP contribution in [0.4, 0.5) is 11.4 Å². The summed E-state index contributed by atoms with van der Waals surface area (Å²) in [6.45, 7) is 0. The third-order valence-corrected chi connectivity index (χ3v) is 3.71. The summed E-state index contributed by atoms with van der Waals surface area (Å²) in [4.78, 5) is 22.3. The van der Waals surface area contributed by atoms with Crippen LogP contribution in [0.2, 0.25) is 0 Å². The minimum atomic E-state index is -0.528. The van der Waals surface area contributed by atoms with Crippen molar-refractivity contribution in [3.63, 3.8) is 0 Å². The predicted molar refractivity (Wildman–Crippen MR) is 97.5 cm³/mol. The number of rotatable bonds is 4. The molecule has 0 bridgehead atoms. The van der Waals surface area contributed by atoms with Crippen LogP contribution in [0.3, 0.4) is 0 Å². The van der Waals surface area contributed by atoms with Crippen LogP contribution < -0.4 is 15.4 Å². The fourth-order valence-corrected chi connectivity index (χ4v) is 2.29. The first-order valence-corrected chi connectivity index (χ1v) is 7.81. The number of carbonyl (C=O) groups is 1. The molecule has 24 heavy (non-hydrogen) atoms. The Morgan fingerprint density at radius 1 is 1.25 bits per heavy atom. The van der Waals surface area contributed by atoms with E-state index in [1.807, 2.05) is 0 Å². The largest absolute Gasteiger partial charge is 0.494 e. The average molecular weight is 410 g/mol. The summed E-state index contributed by atoms with van der Waals surface area (Å²) in [7, 11) is 1.38. The maximum absolute atomic E-state index is 12.1. The number of halogens is 1. The van der Waals surface area contributed by atoms with Crippen LogP contribution in [0.1, 0.15) is 10.4 Å². The number of benzene rings is 2. The molecule has 7 nitrogen and oxygen atoms in total. The number of anilines is 1. The van der Waals surface area contributed by atoms with E-state index in [4.69, 9.17) is 17.0 Å². The summed E-state index contributed by atoms with van der Waals surface area (Å²) in [5.74, 6) is -0.134. The van der Waals surface area contributed by atoms with E-state index >= 15 is 0 Å². The molecule has 9 heteroatoms. The fraction of sp³-hybridized carbons (Fsp3) is 0.0667. The molecule has 0 radical (unpaired) electrons. The van der Waals surface area contributed by atoms with Gasteiger partial charge in [-0.1, -0.05) is 15.9 Å². The van der Waals surface area contributed by atoms with Crippen LogP contribution in [0, 0.1) is 10.1 Å². The lowest BCUT2D eigenvalue weighted by Gasteiger charge is -2.12. The molecule has 1 amide bonds. The van der Waals surface area contributed by atoms with Gasteiger partial charge in [0.25, 0.3) is 11.6 Å². The maximum atomic E-state index is 12.1. The van der Waals surface area contributed by atoms with E-state index in [0.717, 1.165) is 4.47 Å². The molecule has 0 saturated heterocycles. The summed E-state index contributed by atoms with van der Waals surface area (Å²) in [6, 6.07) is 10.8. The first-order valence-electron chi connectivity index (χ1n) is 6.61. The van der Waals surface area contributed by atoms with Gasteiger partial charge in [-0.25, -0.2) is 0 Å². The van der Waals surface area contributed by atoms with Crippen molar-refractivity contribution in [1.29, 1.82) is 0 Å². The molecule has 0 atom stereocenters. The number of methoxy groups -OCH3 is 1. The van der Waals surface area contributed by atoms with Crippen LogP contribution in [0.5, 0.6) is 5.75 Å². The third-order valence-electron chi connectivity index (χ3n) is 2.98. The van der Waals surface area contributed by atoms with Gasteiger partial charge in [0.2, 0.25) is 0 Å². The second-order valence-corrected chi connectivity index (χ2v) is 5.88. The monoisotopic (exact) mass is 409 g/mol. The normalized spacial score (nSPS) is 9.92. The second-order valence-electron chi connectivity index (χ2n) is 4.56. The van der Waals surface area contributed by atoms with E-state index in [1.165, 1.54) is 25.3 Å².